The van der Waals surface area contributed by atoms with Crippen LogP contribution >= 0.6 is 0 Å². The van der Waals surface area contributed by atoms with Gasteiger partial charge < -0.3 is 10.5 Å². The van der Waals surface area contributed by atoms with Crippen LogP contribution in [0.1, 0.15) is 45.6 Å². The molecule has 0 saturated heterocycles. The highest BCUT2D eigenvalue weighted by atomic mass is 19.1. The summed E-state index contributed by atoms with van der Waals surface area (Å²) in [5.41, 5.74) is 6.88. The molecule has 3 atom stereocenters. The summed E-state index contributed by atoms with van der Waals surface area (Å²) in [7, 11) is 0. The number of benzene rings is 1. The van der Waals surface area contributed by atoms with Crippen LogP contribution in [0.2, 0.25) is 0 Å². The van der Waals surface area contributed by atoms with Gasteiger partial charge in [-0.3, -0.25) is 0 Å². The molecular formula is C17H24FNO. The fourth-order valence-corrected chi connectivity index (χ4v) is 4.28. The van der Waals surface area contributed by atoms with Crippen molar-refractivity contribution in [2.75, 3.05) is 0 Å². The van der Waals surface area contributed by atoms with Gasteiger partial charge in [-0.05, 0) is 48.3 Å². The summed E-state index contributed by atoms with van der Waals surface area (Å²) in [5, 5.41) is 0. The third-order valence-electron chi connectivity index (χ3n) is 6.16. The van der Waals surface area contributed by atoms with Crippen LogP contribution in [0.3, 0.4) is 0 Å². The molecule has 0 aliphatic heterocycles. The van der Waals surface area contributed by atoms with Gasteiger partial charge in [0.2, 0.25) is 0 Å². The zero-order chi connectivity index (χ0) is 14.5. The maximum atomic E-state index is 13.6. The van der Waals surface area contributed by atoms with Crippen molar-refractivity contribution in [1.82, 2.24) is 0 Å². The van der Waals surface area contributed by atoms with Gasteiger partial charge in [-0.1, -0.05) is 20.8 Å². The van der Waals surface area contributed by atoms with Gasteiger partial charge in [0, 0.05) is 18.0 Å². The Morgan fingerprint density at radius 2 is 2.05 bits per heavy atom. The number of ether oxygens (including phenoxy) is 1. The van der Waals surface area contributed by atoms with E-state index in [4.69, 9.17) is 10.5 Å². The lowest BCUT2D eigenvalue weighted by Crippen LogP contribution is -2.38. The molecule has 2 aliphatic carbocycles. The van der Waals surface area contributed by atoms with E-state index in [1.165, 1.54) is 25.0 Å². The maximum Gasteiger partial charge on any atom is 0.127 e. The maximum absolute atomic E-state index is 13.6. The zero-order valence-corrected chi connectivity index (χ0v) is 12.6. The molecule has 110 valence electrons. The molecule has 2 nitrogen and oxygen atoms in total. The largest absolute Gasteiger partial charge is 0.490 e. The van der Waals surface area contributed by atoms with Gasteiger partial charge in [-0.25, -0.2) is 4.39 Å². The molecule has 0 heterocycles. The average molecular weight is 277 g/mol. The summed E-state index contributed by atoms with van der Waals surface area (Å²) in [6.07, 6.45) is 3.76. The van der Waals surface area contributed by atoms with E-state index in [0.29, 0.717) is 17.7 Å². The van der Waals surface area contributed by atoms with Crippen LogP contribution in [0.15, 0.2) is 18.2 Å². The van der Waals surface area contributed by atoms with Crippen LogP contribution in [0.5, 0.6) is 5.75 Å². The molecule has 3 rings (SSSR count). The zero-order valence-electron chi connectivity index (χ0n) is 12.6. The summed E-state index contributed by atoms with van der Waals surface area (Å²) < 4.78 is 19.8. The van der Waals surface area contributed by atoms with E-state index in [1.807, 2.05) is 6.07 Å². The molecule has 1 aromatic rings. The van der Waals surface area contributed by atoms with Crippen molar-refractivity contribution >= 4 is 0 Å². The van der Waals surface area contributed by atoms with E-state index in [-0.39, 0.29) is 17.3 Å². The van der Waals surface area contributed by atoms with Crippen molar-refractivity contribution in [3.63, 3.8) is 0 Å². The van der Waals surface area contributed by atoms with Crippen molar-refractivity contribution in [1.29, 1.82) is 0 Å². The second-order valence-electron chi connectivity index (χ2n) is 7.22. The second kappa shape index (κ2) is 4.45. The molecule has 3 unspecified atom stereocenters. The summed E-state index contributed by atoms with van der Waals surface area (Å²) in [4.78, 5) is 0. The molecule has 2 bridgehead atoms. The average Bonchev–Trinajstić information content (AvgIpc) is 2.71. The first kappa shape index (κ1) is 13.9. The third-order valence-corrected chi connectivity index (χ3v) is 6.16. The third kappa shape index (κ3) is 1.86. The van der Waals surface area contributed by atoms with E-state index in [1.54, 1.807) is 0 Å². The Kier molecular flexibility index (Phi) is 3.09. The van der Waals surface area contributed by atoms with Crippen LogP contribution in [-0.4, -0.2) is 6.10 Å². The molecule has 2 saturated carbocycles. The minimum Gasteiger partial charge on any atom is -0.490 e. The Labute approximate surface area is 120 Å². The van der Waals surface area contributed by atoms with Gasteiger partial charge in [-0.2, -0.15) is 0 Å². The number of hydrogen-bond donors (Lipinski definition) is 1. The Morgan fingerprint density at radius 1 is 1.30 bits per heavy atom. The molecule has 3 heteroatoms. The Balaban J connectivity index is 1.85. The molecule has 0 spiro atoms. The van der Waals surface area contributed by atoms with Crippen LogP contribution in [0, 0.1) is 22.6 Å². The van der Waals surface area contributed by atoms with E-state index in [0.717, 1.165) is 17.9 Å². The minimum atomic E-state index is -0.268. The predicted molar refractivity (Wildman–Crippen MR) is 77.9 cm³/mol. The molecule has 2 fully saturated rings. The Morgan fingerprint density at radius 3 is 2.60 bits per heavy atom. The summed E-state index contributed by atoms with van der Waals surface area (Å²) in [6.45, 7) is 7.37. The smallest absolute Gasteiger partial charge is 0.127 e. The Hall–Kier alpha value is -1.09. The summed E-state index contributed by atoms with van der Waals surface area (Å²) in [5.74, 6) is 1.08. The van der Waals surface area contributed by atoms with Gasteiger partial charge >= 0.3 is 0 Å². The molecule has 0 radical (unpaired) electrons. The topological polar surface area (TPSA) is 35.2 Å². The molecule has 20 heavy (non-hydrogen) atoms. The van der Waals surface area contributed by atoms with Gasteiger partial charge in [0.25, 0.3) is 0 Å². The number of fused-ring (bicyclic) bond motifs is 2. The van der Waals surface area contributed by atoms with Crippen molar-refractivity contribution in [2.24, 2.45) is 22.5 Å². The van der Waals surface area contributed by atoms with Crippen molar-refractivity contribution in [3.05, 3.63) is 29.6 Å². The van der Waals surface area contributed by atoms with Gasteiger partial charge in [-0.15, -0.1) is 0 Å². The molecule has 2 N–H and O–H groups in total. The number of hydrogen-bond acceptors (Lipinski definition) is 2. The van der Waals surface area contributed by atoms with Crippen molar-refractivity contribution in [2.45, 2.75) is 52.7 Å². The van der Waals surface area contributed by atoms with E-state index in [9.17, 15) is 4.39 Å². The lowest BCUT2D eigenvalue weighted by atomic mass is 9.70. The van der Waals surface area contributed by atoms with Crippen LogP contribution < -0.4 is 10.5 Å². The van der Waals surface area contributed by atoms with Crippen LogP contribution in [0.25, 0.3) is 0 Å². The fraction of sp³-hybridized carbons (Fsp3) is 0.647. The number of nitrogens with two attached hydrogens (primary N) is 1. The van der Waals surface area contributed by atoms with Crippen molar-refractivity contribution in [3.8, 4) is 5.75 Å². The SMILES string of the molecule is CC1(C)C2CCC1(C)C(Oc1cc(F)cc(CN)c1)C2. The number of halogens is 1. The molecule has 1 aromatic carbocycles. The first-order chi connectivity index (χ1) is 9.36. The lowest BCUT2D eigenvalue weighted by Gasteiger charge is -2.38. The van der Waals surface area contributed by atoms with E-state index < -0.39 is 0 Å². The van der Waals surface area contributed by atoms with Gasteiger partial charge in [0.1, 0.15) is 17.7 Å². The quantitative estimate of drug-likeness (QED) is 0.910. The van der Waals surface area contributed by atoms with E-state index in [2.05, 4.69) is 20.8 Å². The van der Waals surface area contributed by atoms with E-state index >= 15 is 0 Å². The first-order valence-electron chi connectivity index (χ1n) is 7.53. The minimum absolute atomic E-state index is 0.184. The monoisotopic (exact) mass is 277 g/mol. The van der Waals surface area contributed by atoms with Gasteiger partial charge in [0.05, 0.1) is 0 Å². The first-order valence-corrected chi connectivity index (χ1v) is 7.53. The highest BCUT2D eigenvalue weighted by Crippen LogP contribution is 2.66. The molecular weight excluding hydrogens is 253 g/mol. The highest BCUT2D eigenvalue weighted by Gasteiger charge is 2.62. The van der Waals surface area contributed by atoms with Gasteiger partial charge in [0.15, 0.2) is 0 Å². The van der Waals surface area contributed by atoms with Crippen LogP contribution in [0.4, 0.5) is 4.39 Å². The molecule has 2 aliphatic rings. The molecule has 0 aromatic heterocycles. The van der Waals surface area contributed by atoms with Crippen LogP contribution in [-0.2, 0) is 6.54 Å². The lowest BCUT2D eigenvalue weighted by molar-refractivity contribution is 0.0299. The standard InChI is InChI=1S/C17H24FNO/c1-16(2)12-4-5-17(16,3)15(8-12)20-14-7-11(10-19)6-13(18)9-14/h6-7,9,12,15H,4-5,8,10,19H2,1-3H3. The highest BCUT2D eigenvalue weighted by molar-refractivity contribution is 5.30. The Bertz CT molecular complexity index is 528. The summed E-state index contributed by atoms with van der Waals surface area (Å²) >= 11 is 0. The fourth-order valence-electron chi connectivity index (χ4n) is 4.28. The summed E-state index contributed by atoms with van der Waals surface area (Å²) in [6, 6.07) is 4.81. The number of rotatable bonds is 3. The normalized spacial score (nSPS) is 34.5. The molecule has 0 amide bonds. The van der Waals surface area contributed by atoms with Crippen molar-refractivity contribution < 1.29 is 9.13 Å². The predicted octanol–water partition coefficient (Wildman–Crippen LogP) is 3.88. The second-order valence-corrected chi connectivity index (χ2v) is 7.22.